The molecule has 1 N–H and O–H groups in total. The predicted octanol–water partition coefficient (Wildman–Crippen LogP) is 4.58. The molecule has 33 heavy (non-hydrogen) atoms. The smallest absolute Gasteiger partial charge is 0.240 e. The molecular formula is C27H37N3O3. The fourth-order valence-electron chi connectivity index (χ4n) is 4.91. The Balaban J connectivity index is 0.000000235. The number of fused-ring (bicyclic) bond motifs is 3. The average Bonchev–Trinajstić information content (AvgIpc) is 2.81. The van der Waals surface area contributed by atoms with Gasteiger partial charge >= 0.3 is 0 Å². The van der Waals surface area contributed by atoms with E-state index < -0.39 is 0 Å². The topological polar surface area (TPSA) is 61.9 Å². The summed E-state index contributed by atoms with van der Waals surface area (Å²) in [6, 6.07) is 14.5. The Morgan fingerprint density at radius 2 is 1.94 bits per heavy atom. The molecule has 4 rings (SSSR count). The first-order chi connectivity index (χ1) is 15.8. The van der Waals surface area contributed by atoms with E-state index in [9.17, 15) is 9.59 Å². The second kappa shape index (κ2) is 10.8. The van der Waals surface area contributed by atoms with Gasteiger partial charge in [0.2, 0.25) is 11.8 Å². The molecule has 2 aromatic rings. The molecule has 2 amide bonds. The lowest BCUT2D eigenvalue weighted by atomic mass is 9.84. The summed E-state index contributed by atoms with van der Waals surface area (Å²) in [5.74, 6) is 1.17. The van der Waals surface area contributed by atoms with Gasteiger partial charge in [-0.1, -0.05) is 37.6 Å². The van der Waals surface area contributed by atoms with Crippen molar-refractivity contribution in [2.24, 2.45) is 0 Å². The van der Waals surface area contributed by atoms with Crippen molar-refractivity contribution in [1.82, 2.24) is 9.80 Å². The highest BCUT2D eigenvalue weighted by atomic mass is 16.5. The van der Waals surface area contributed by atoms with Crippen LogP contribution in [0.1, 0.15) is 56.3 Å². The zero-order valence-corrected chi connectivity index (χ0v) is 20.7. The number of ether oxygens (including phenoxy) is 1. The van der Waals surface area contributed by atoms with Gasteiger partial charge < -0.3 is 15.0 Å². The van der Waals surface area contributed by atoms with Gasteiger partial charge in [0.25, 0.3) is 0 Å². The summed E-state index contributed by atoms with van der Waals surface area (Å²) in [7, 11) is 3.80. The van der Waals surface area contributed by atoms with E-state index in [1.54, 1.807) is 7.11 Å². The molecule has 0 aromatic heterocycles. The molecule has 1 fully saturated rings. The quantitative estimate of drug-likeness (QED) is 0.739. The van der Waals surface area contributed by atoms with Crippen LogP contribution in [0.5, 0.6) is 5.75 Å². The third-order valence-corrected chi connectivity index (χ3v) is 6.80. The Hall–Kier alpha value is -2.86. The fourth-order valence-corrected chi connectivity index (χ4v) is 4.91. The van der Waals surface area contributed by atoms with E-state index >= 15 is 0 Å². The van der Waals surface area contributed by atoms with Crippen molar-refractivity contribution in [1.29, 1.82) is 0 Å². The maximum atomic E-state index is 12.9. The molecule has 2 heterocycles. The maximum absolute atomic E-state index is 12.9. The summed E-state index contributed by atoms with van der Waals surface area (Å²) in [5.41, 5.74) is 4.58. The second-order valence-electron chi connectivity index (χ2n) is 9.00. The van der Waals surface area contributed by atoms with Gasteiger partial charge in [0.1, 0.15) is 5.75 Å². The molecule has 2 aliphatic heterocycles. The van der Waals surface area contributed by atoms with Gasteiger partial charge in [0.15, 0.2) is 0 Å². The molecule has 6 nitrogen and oxygen atoms in total. The van der Waals surface area contributed by atoms with E-state index in [1.807, 2.05) is 37.3 Å². The van der Waals surface area contributed by atoms with Gasteiger partial charge in [-0.2, -0.15) is 0 Å². The molecule has 3 unspecified atom stereocenters. The van der Waals surface area contributed by atoms with Crippen LogP contribution < -0.4 is 10.1 Å². The third kappa shape index (κ3) is 5.38. The van der Waals surface area contributed by atoms with Crippen molar-refractivity contribution in [2.75, 3.05) is 26.0 Å². The van der Waals surface area contributed by atoms with Crippen LogP contribution in [-0.2, 0) is 16.0 Å². The van der Waals surface area contributed by atoms with Crippen molar-refractivity contribution in [3.63, 3.8) is 0 Å². The minimum absolute atomic E-state index is 0.0284. The first kappa shape index (κ1) is 24.8. The van der Waals surface area contributed by atoms with E-state index in [2.05, 4.69) is 48.1 Å². The molecule has 2 aliphatic rings. The SMILES string of the molecule is CC(=O)Nc1ccccc1C.CCCC1C(=O)N2CCc3cc(OC)ccc3C2C(C)N1C. The number of hydrogen-bond donors (Lipinski definition) is 1. The van der Waals surface area contributed by atoms with Crippen molar-refractivity contribution in [3.8, 4) is 5.75 Å². The molecule has 0 aliphatic carbocycles. The summed E-state index contributed by atoms with van der Waals surface area (Å²) in [5, 5.41) is 2.73. The van der Waals surface area contributed by atoms with Crippen LogP contribution in [-0.4, -0.2) is 54.4 Å². The number of nitrogens with one attached hydrogen (secondary N) is 1. The number of methoxy groups -OCH3 is 1. The number of carbonyl (C=O) groups is 2. The summed E-state index contributed by atoms with van der Waals surface area (Å²) in [6.45, 7) is 8.68. The van der Waals surface area contributed by atoms with E-state index in [0.717, 1.165) is 42.8 Å². The van der Waals surface area contributed by atoms with Crippen LogP contribution in [0.25, 0.3) is 0 Å². The van der Waals surface area contributed by atoms with Crippen molar-refractivity contribution >= 4 is 17.5 Å². The highest BCUT2D eigenvalue weighted by Crippen LogP contribution is 2.40. The molecule has 0 spiro atoms. The van der Waals surface area contributed by atoms with Gasteiger partial charge in [0.05, 0.1) is 19.2 Å². The molecule has 178 valence electrons. The lowest BCUT2D eigenvalue weighted by molar-refractivity contribution is -0.150. The van der Waals surface area contributed by atoms with E-state index in [1.165, 1.54) is 18.1 Å². The number of para-hydroxylation sites is 1. The summed E-state index contributed by atoms with van der Waals surface area (Å²) in [6.07, 6.45) is 2.90. The number of piperazine rings is 1. The number of hydrogen-bond acceptors (Lipinski definition) is 4. The van der Waals surface area contributed by atoms with E-state index in [4.69, 9.17) is 4.74 Å². The first-order valence-corrected chi connectivity index (χ1v) is 11.8. The average molecular weight is 452 g/mol. The molecule has 3 atom stereocenters. The number of likely N-dealkylation sites (N-methyl/N-ethyl adjacent to an activating group) is 1. The zero-order valence-electron chi connectivity index (χ0n) is 20.7. The lowest BCUT2D eigenvalue weighted by Crippen LogP contribution is -2.62. The highest BCUT2D eigenvalue weighted by Gasteiger charge is 2.45. The van der Waals surface area contributed by atoms with Crippen molar-refractivity contribution in [3.05, 3.63) is 59.2 Å². The standard InChI is InChI=1S/C18H26N2O2.C9H11NO/c1-5-6-16-18(21)20-10-9-13-11-14(22-4)7-8-15(13)17(20)12(2)19(16)3;1-7-5-3-4-6-9(7)10-8(2)11/h7-8,11-12,16-17H,5-6,9-10H2,1-4H3;3-6H,1-2H3,(H,10,11). The molecule has 6 heteroatoms. The van der Waals surface area contributed by atoms with Gasteiger partial charge in [-0.3, -0.25) is 14.5 Å². The maximum Gasteiger partial charge on any atom is 0.240 e. The van der Waals surface area contributed by atoms with Gasteiger partial charge in [0, 0.05) is 25.2 Å². The minimum atomic E-state index is -0.0284. The minimum Gasteiger partial charge on any atom is -0.497 e. The molecule has 0 radical (unpaired) electrons. The fraction of sp³-hybridized carbons (Fsp3) is 0.481. The number of rotatable bonds is 4. The van der Waals surface area contributed by atoms with E-state index in [-0.39, 0.29) is 18.0 Å². The Kier molecular flexibility index (Phi) is 8.14. The van der Waals surface area contributed by atoms with Crippen LogP contribution in [0.4, 0.5) is 5.69 Å². The van der Waals surface area contributed by atoms with Gasteiger partial charge in [-0.15, -0.1) is 0 Å². The molecular weight excluding hydrogens is 414 g/mol. The van der Waals surface area contributed by atoms with Crippen LogP contribution in [0, 0.1) is 6.92 Å². The van der Waals surface area contributed by atoms with Gasteiger partial charge in [-0.25, -0.2) is 0 Å². The van der Waals surface area contributed by atoms with Crippen LogP contribution in [0.15, 0.2) is 42.5 Å². The van der Waals surface area contributed by atoms with Crippen LogP contribution in [0.3, 0.4) is 0 Å². The van der Waals surface area contributed by atoms with Crippen molar-refractivity contribution in [2.45, 2.75) is 65.1 Å². The predicted molar refractivity (Wildman–Crippen MR) is 133 cm³/mol. The number of amides is 2. The Morgan fingerprint density at radius 1 is 1.21 bits per heavy atom. The normalized spacial score (nSPS) is 21.9. The number of anilines is 1. The van der Waals surface area contributed by atoms with Crippen molar-refractivity contribution < 1.29 is 14.3 Å². The Labute approximate surface area is 197 Å². The van der Waals surface area contributed by atoms with Crippen LogP contribution in [0.2, 0.25) is 0 Å². The number of aryl methyl sites for hydroxylation is 1. The number of nitrogens with zero attached hydrogens (tertiary/aromatic N) is 2. The van der Waals surface area contributed by atoms with Gasteiger partial charge in [-0.05, 0) is 68.6 Å². The largest absolute Gasteiger partial charge is 0.497 e. The lowest BCUT2D eigenvalue weighted by Gasteiger charge is -2.51. The molecule has 1 saturated heterocycles. The number of benzene rings is 2. The Bertz CT molecular complexity index is 990. The summed E-state index contributed by atoms with van der Waals surface area (Å²) in [4.78, 5) is 27.9. The third-order valence-electron chi connectivity index (χ3n) is 6.80. The van der Waals surface area contributed by atoms with E-state index in [0.29, 0.717) is 11.9 Å². The molecule has 0 saturated carbocycles. The van der Waals surface area contributed by atoms with Crippen LogP contribution >= 0.6 is 0 Å². The Morgan fingerprint density at radius 3 is 2.58 bits per heavy atom. The highest BCUT2D eigenvalue weighted by molar-refractivity contribution is 5.89. The zero-order chi connectivity index (χ0) is 24.1. The first-order valence-electron chi connectivity index (χ1n) is 11.8. The molecule has 0 bridgehead atoms. The summed E-state index contributed by atoms with van der Waals surface area (Å²) >= 11 is 0. The number of carbonyl (C=O) groups excluding carboxylic acids is 2. The molecule has 2 aromatic carbocycles. The summed E-state index contributed by atoms with van der Waals surface area (Å²) < 4.78 is 5.34. The monoisotopic (exact) mass is 451 g/mol. The second-order valence-corrected chi connectivity index (χ2v) is 9.00.